The van der Waals surface area contributed by atoms with E-state index in [0.29, 0.717) is 35.3 Å². The minimum absolute atomic E-state index is 0.0882. The van der Waals surface area contributed by atoms with E-state index in [0.717, 1.165) is 55.9 Å². The average molecular weight is 551 g/mol. The number of nitrogens with zero attached hydrogens (tertiary/aromatic N) is 2. The Morgan fingerprint density at radius 1 is 0.974 bits per heavy atom. The van der Waals surface area contributed by atoms with Crippen LogP contribution in [0.25, 0.3) is 11.1 Å². The van der Waals surface area contributed by atoms with Crippen molar-refractivity contribution in [2.24, 2.45) is 0 Å². The summed E-state index contributed by atoms with van der Waals surface area (Å²) in [7, 11) is -3.40. The summed E-state index contributed by atoms with van der Waals surface area (Å²) in [6, 6.07) is 10.4. The molecule has 10 heteroatoms. The summed E-state index contributed by atoms with van der Waals surface area (Å²) < 4.78 is 36.2. The molecule has 2 N–H and O–H groups in total. The number of hydrogen-bond donors (Lipinski definition) is 2. The number of anilines is 2. The molecule has 0 atom stereocenters. The fourth-order valence-corrected chi connectivity index (χ4v) is 5.28. The largest absolute Gasteiger partial charge is 0.492 e. The molecule has 1 aromatic heterocycles. The second kappa shape index (κ2) is 11.6. The van der Waals surface area contributed by atoms with Crippen LogP contribution in [0.1, 0.15) is 62.2 Å². The van der Waals surface area contributed by atoms with E-state index >= 15 is 0 Å². The third-order valence-electron chi connectivity index (χ3n) is 6.89. The third-order valence-corrected chi connectivity index (χ3v) is 8.00. The van der Waals surface area contributed by atoms with E-state index in [1.165, 1.54) is 18.6 Å². The predicted octanol–water partition coefficient (Wildman–Crippen LogP) is 5.29. The molecule has 3 aromatic rings. The highest BCUT2D eigenvalue weighted by molar-refractivity contribution is 7.90. The molecular weight excluding hydrogens is 516 g/mol. The van der Waals surface area contributed by atoms with E-state index in [1.807, 2.05) is 19.1 Å². The maximum absolute atomic E-state index is 12.7. The highest BCUT2D eigenvalue weighted by Crippen LogP contribution is 2.35. The lowest BCUT2D eigenvalue weighted by atomic mass is 9.97. The summed E-state index contributed by atoms with van der Waals surface area (Å²) >= 11 is 0. The zero-order valence-corrected chi connectivity index (χ0v) is 23.1. The molecule has 2 saturated carbocycles. The van der Waals surface area contributed by atoms with Gasteiger partial charge >= 0.3 is 0 Å². The van der Waals surface area contributed by atoms with E-state index in [2.05, 4.69) is 20.6 Å². The van der Waals surface area contributed by atoms with Gasteiger partial charge in [0.2, 0.25) is 5.95 Å². The molecule has 0 saturated heterocycles. The molecule has 2 aliphatic rings. The summed E-state index contributed by atoms with van der Waals surface area (Å²) in [5.41, 5.74) is 2.59. The van der Waals surface area contributed by atoms with Gasteiger partial charge in [0.25, 0.3) is 5.91 Å². The lowest BCUT2D eigenvalue weighted by Gasteiger charge is -2.24. The smallest absolute Gasteiger partial charge is 0.251 e. The lowest BCUT2D eigenvalue weighted by molar-refractivity contribution is 0.0949. The highest BCUT2D eigenvalue weighted by Gasteiger charge is 2.25. The summed E-state index contributed by atoms with van der Waals surface area (Å²) in [6.07, 6.45) is 12.2. The summed E-state index contributed by atoms with van der Waals surface area (Å²) in [6.45, 7) is 2.28. The zero-order valence-electron chi connectivity index (χ0n) is 22.3. The number of ether oxygens (including phenoxy) is 2. The van der Waals surface area contributed by atoms with Crippen LogP contribution in [-0.4, -0.2) is 49.3 Å². The fraction of sp³-hybridized carbons (Fsp3) is 0.414. The zero-order chi connectivity index (χ0) is 27.4. The van der Waals surface area contributed by atoms with Crippen molar-refractivity contribution < 1.29 is 22.7 Å². The van der Waals surface area contributed by atoms with Gasteiger partial charge in [0.15, 0.2) is 9.84 Å². The Balaban J connectivity index is 1.41. The van der Waals surface area contributed by atoms with Gasteiger partial charge in [0.05, 0.1) is 23.3 Å². The van der Waals surface area contributed by atoms with Crippen LogP contribution >= 0.6 is 0 Å². The molecule has 9 nitrogen and oxygen atoms in total. The second-order valence-electron chi connectivity index (χ2n) is 10.1. The Bertz CT molecular complexity index is 1430. The Labute approximate surface area is 229 Å². The van der Waals surface area contributed by atoms with Crippen molar-refractivity contribution in [1.29, 1.82) is 0 Å². The molecule has 0 radical (unpaired) electrons. The first-order chi connectivity index (χ1) is 18.8. The van der Waals surface area contributed by atoms with E-state index in [-0.39, 0.29) is 22.9 Å². The van der Waals surface area contributed by atoms with Crippen LogP contribution < -0.4 is 20.1 Å². The number of carbonyl (C=O) groups is 1. The second-order valence-corrected chi connectivity index (χ2v) is 12.1. The highest BCUT2D eigenvalue weighted by atomic mass is 32.2. The van der Waals surface area contributed by atoms with Crippen LogP contribution in [0.5, 0.6) is 11.5 Å². The molecule has 2 aliphatic carbocycles. The molecule has 0 bridgehead atoms. The van der Waals surface area contributed by atoms with Gasteiger partial charge in [0.1, 0.15) is 11.5 Å². The third kappa shape index (κ3) is 6.86. The van der Waals surface area contributed by atoms with E-state index in [9.17, 15) is 13.2 Å². The van der Waals surface area contributed by atoms with Crippen molar-refractivity contribution in [3.05, 3.63) is 54.4 Å². The molecule has 206 valence electrons. The molecule has 2 fully saturated rings. The van der Waals surface area contributed by atoms with Gasteiger partial charge in [-0.1, -0.05) is 6.42 Å². The van der Waals surface area contributed by atoms with Crippen molar-refractivity contribution in [1.82, 2.24) is 15.3 Å². The van der Waals surface area contributed by atoms with Crippen LogP contribution in [-0.2, 0) is 9.84 Å². The number of rotatable bonds is 10. The van der Waals surface area contributed by atoms with Crippen LogP contribution in [0.4, 0.5) is 11.6 Å². The first-order valence-electron chi connectivity index (χ1n) is 13.5. The van der Waals surface area contributed by atoms with Crippen molar-refractivity contribution in [2.75, 3.05) is 18.2 Å². The summed E-state index contributed by atoms with van der Waals surface area (Å²) in [5, 5.41) is 6.12. The molecule has 0 spiro atoms. The normalized spacial score (nSPS) is 15.9. The van der Waals surface area contributed by atoms with Crippen molar-refractivity contribution in [2.45, 2.75) is 68.9 Å². The van der Waals surface area contributed by atoms with E-state index in [1.54, 1.807) is 24.5 Å². The molecule has 39 heavy (non-hydrogen) atoms. The quantitative estimate of drug-likeness (QED) is 0.349. The maximum Gasteiger partial charge on any atom is 0.251 e. The van der Waals surface area contributed by atoms with E-state index in [4.69, 9.17) is 9.47 Å². The SMILES string of the molecule is CCOc1ccc(S(C)(=O)=O)cc1Nc1ncc(-c2ccc(C(=O)NC3CC3)cc2OC2CCCCC2)cn1. The lowest BCUT2D eigenvalue weighted by Crippen LogP contribution is -2.25. The average Bonchev–Trinajstić information content (AvgIpc) is 3.74. The van der Waals surface area contributed by atoms with Gasteiger partial charge in [-0.15, -0.1) is 0 Å². The Kier molecular flexibility index (Phi) is 8.02. The number of carbonyl (C=O) groups excluding carboxylic acids is 1. The van der Waals surface area contributed by atoms with Gasteiger partial charge in [-0.2, -0.15) is 0 Å². The fourth-order valence-electron chi connectivity index (χ4n) is 4.63. The van der Waals surface area contributed by atoms with Crippen molar-refractivity contribution in [3.63, 3.8) is 0 Å². The Morgan fingerprint density at radius 3 is 2.38 bits per heavy atom. The number of hydrogen-bond acceptors (Lipinski definition) is 8. The minimum atomic E-state index is -3.40. The van der Waals surface area contributed by atoms with Gasteiger partial charge in [-0.3, -0.25) is 4.79 Å². The van der Waals surface area contributed by atoms with Gasteiger partial charge in [-0.25, -0.2) is 18.4 Å². The first-order valence-corrected chi connectivity index (χ1v) is 15.4. The number of amides is 1. The van der Waals surface area contributed by atoms with Gasteiger partial charge in [-0.05, 0) is 81.8 Å². The number of aromatic nitrogens is 2. The molecular formula is C29H34N4O5S. The Morgan fingerprint density at radius 2 is 1.72 bits per heavy atom. The predicted molar refractivity (Wildman–Crippen MR) is 149 cm³/mol. The molecule has 0 aliphatic heterocycles. The van der Waals surface area contributed by atoms with Crippen LogP contribution in [0, 0.1) is 0 Å². The minimum Gasteiger partial charge on any atom is -0.492 e. The summed E-state index contributed by atoms with van der Waals surface area (Å²) in [5.74, 6) is 1.35. The van der Waals surface area contributed by atoms with E-state index < -0.39 is 9.84 Å². The number of sulfone groups is 1. The van der Waals surface area contributed by atoms with Crippen LogP contribution in [0.15, 0.2) is 53.7 Å². The number of nitrogens with one attached hydrogen (secondary N) is 2. The molecule has 0 unspecified atom stereocenters. The van der Waals surface area contributed by atoms with Crippen LogP contribution in [0.3, 0.4) is 0 Å². The molecule has 2 aromatic carbocycles. The molecule has 5 rings (SSSR count). The summed E-state index contributed by atoms with van der Waals surface area (Å²) in [4.78, 5) is 21.8. The molecule has 1 amide bonds. The van der Waals surface area contributed by atoms with Crippen molar-refractivity contribution >= 4 is 27.4 Å². The monoisotopic (exact) mass is 550 g/mol. The van der Waals surface area contributed by atoms with Crippen molar-refractivity contribution in [3.8, 4) is 22.6 Å². The van der Waals surface area contributed by atoms with Gasteiger partial charge in [0, 0.05) is 41.4 Å². The topological polar surface area (TPSA) is 120 Å². The molecule has 1 heterocycles. The van der Waals surface area contributed by atoms with Gasteiger partial charge < -0.3 is 20.1 Å². The Hall–Kier alpha value is -3.66. The number of benzene rings is 2. The van der Waals surface area contributed by atoms with Crippen LogP contribution in [0.2, 0.25) is 0 Å². The standard InChI is InChI=1S/C29H34N4O5S/c1-3-37-26-14-12-23(39(2,35)36)16-25(26)33-29-30-17-20(18-31-29)24-13-9-19(28(34)32-21-10-11-21)15-27(24)38-22-7-5-4-6-8-22/h9,12-18,21-22H,3-8,10-11H2,1-2H3,(H,32,34)(H,30,31,33). The maximum atomic E-state index is 12.7. The first kappa shape index (κ1) is 26.9.